The number of hydrogen-bond acceptors (Lipinski definition) is 5. The maximum Gasteiger partial charge on any atom is 0.232 e. The van der Waals surface area contributed by atoms with Crippen molar-refractivity contribution in [2.45, 2.75) is 45.6 Å². The van der Waals surface area contributed by atoms with Gasteiger partial charge in [-0.3, -0.25) is 4.79 Å². The molecule has 1 saturated heterocycles. The highest BCUT2D eigenvalue weighted by Crippen LogP contribution is 2.30. The molecule has 0 bridgehead atoms. The van der Waals surface area contributed by atoms with Gasteiger partial charge in [0.1, 0.15) is 5.75 Å². The van der Waals surface area contributed by atoms with Crippen molar-refractivity contribution in [2.24, 2.45) is 0 Å². The summed E-state index contributed by atoms with van der Waals surface area (Å²) in [5.41, 5.74) is 3.30. The topological polar surface area (TPSA) is 68.5 Å². The lowest BCUT2D eigenvalue weighted by Crippen LogP contribution is -2.24. The van der Waals surface area contributed by atoms with Gasteiger partial charge in [-0.15, -0.1) is 0 Å². The van der Waals surface area contributed by atoms with Gasteiger partial charge in [-0.1, -0.05) is 43.3 Å². The van der Waals surface area contributed by atoms with Gasteiger partial charge in [-0.05, 0) is 48.2 Å². The molecule has 2 heterocycles. The van der Waals surface area contributed by atoms with E-state index >= 15 is 0 Å². The van der Waals surface area contributed by atoms with E-state index in [4.69, 9.17) is 9.26 Å². The monoisotopic (exact) mass is 405 g/mol. The molecule has 0 spiro atoms. The Balaban J connectivity index is 1.40. The zero-order chi connectivity index (χ0) is 20.9. The molecule has 30 heavy (non-hydrogen) atoms. The van der Waals surface area contributed by atoms with Crippen molar-refractivity contribution in [3.05, 3.63) is 65.5 Å². The number of likely N-dealkylation sites (tertiary alicyclic amines) is 1. The summed E-state index contributed by atoms with van der Waals surface area (Å²) >= 11 is 0. The molecule has 3 aromatic rings. The molecule has 2 aromatic carbocycles. The molecule has 6 heteroatoms. The number of carbonyl (C=O) groups excluding carboxylic acids is 1. The van der Waals surface area contributed by atoms with Crippen LogP contribution in [0.25, 0.3) is 11.4 Å². The predicted molar refractivity (Wildman–Crippen MR) is 114 cm³/mol. The Bertz CT molecular complexity index is 980. The summed E-state index contributed by atoms with van der Waals surface area (Å²) in [6.07, 6.45) is 2.38. The number of carbonyl (C=O) groups is 1. The average Bonchev–Trinajstić information content (AvgIpc) is 3.40. The largest absolute Gasteiger partial charge is 0.494 e. The van der Waals surface area contributed by atoms with Gasteiger partial charge >= 0.3 is 0 Å². The summed E-state index contributed by atoms with van der Waals surface area (Å²) in [5.74, 6) is 1.94. The number of ether oxygens (including phenoxy) is 1. The quantitative estimate of drug-likeness (QED) is 0.548. The van der Waals surface area contributed by atoms with Crippen LogP contribution in [0.15, 0.2) is 53.1 Å². The number of rotatable bonds is 8. The summed E-state index contributed by atoms with van der Waals surface area (Å²) < 4.78 is 11.1. The molecule has 6 nitrogen and oxygen atoms in total. The van der Waals surface area contributed by atoms with Crippen LogP contribution >= 0.6 is 0 Å². The summed E-state index contributed by atoms with van der Waals surface area (Å²) in [6.45, 7) is 6.11. The van der Waals surface area contributed by atoms with E-state index < -0.39 is 0 Å². The van der Waals surface area contributed by atoms with E-state index in [1.54, 1.807) is 0 Å². The minimum atomic E-state index is -0.0687. The van der Waals surface area contributed by atoms with Crippen LogP contribution < -0.4 is 4.74 Å². The van der Waals surface area contributed by atoms with Gasteiger partial charge < -0.3 is 14.2 Å². The van der Waals surface area contributed by atoms with Crippen LogP contribution in [0.2, 0.25) is 0 Å². The van der Waals surface area contributed by atoms with E-state index in [0.717, 1.165) is 29.7 Å². The molecule has 0 N–H and O–H groups in total. The number of aromatic nitrogens is 2. The maximum atomic E-state index is 12.5. The molecule has 1 atom stereocenters. The van der Waals surface area contributed by atoms with Crippen molar-refractivity contribution in [3.63, 3.8) is 0 Å². The first kappa shape index (κ1) is 20.1. The van der Waals surface area contributed by atoms with Gasteiger partial charge in [0, 0.05) is 25.1 Å². The van der Waals surface area contributed by atoms with Crippen molar-refractivity contribution in [3.8, 4) is 17.1 Å². The molecule has 0 saturated carbocycles. The van der Waals surface area contributed by atoms with Crippen molar-refractivity contribution in [1.82, 2.24) is 15.0 Å². The Kier molecular flexibility index (Phi) is 6.12. The lowest BCUT2D eigenvalue weighted by Gasteiger charge is -2.16. The molecule has 1 aliphatic rings. The van der Waals surface area contributed by atoms with Crippen molar-refractivity contribution < 1.29 is 14.1 Å². The van der Waals surface area contributed by atoms with Crippen molar-refractivity contribution >= 4 is 5.91 Å². The first-order valence-electron chi connectivity index (χ1n) is 10.6. The van der Waals surface area contributed by atoms with Crippen LogP contribution in [0.3, 0.4) is 0 Å². The lowest BCUT2D eigenvalue weighted by molar-refractivity contribution is -0.128. The van der Waals surface area contributed by atoms with Gasteiger partial charge in [0.2, 0.25) is 17.6 Å². The number of amides is 1. The van der Waals surface area contributed by atoms with E-state index in [0.29, 0.717) is 37.8 Å². The van der Waals surface area contributed by atoms with Gasteiger partial charge in [0.25, 0.3) is 0 Å². The van der Waals surface area contributed by atoms with Crippen LogP contribution in [0.5, 0.6) is 5.75 Å². The van der Waals surface area contributed by atoms with Gasteiger partial charge in [-0.2, -0.15) is 4.98 Å². The van der Waals surface area contributed by atoms with Gasteiger partial charge in [0.15, 0.2) is 0 Å². The second-order valence-corrected chi connectivity index (χ2v) is 7.67. The first-order valence-corrected chi connectivity index (χ1v) is 10.6. The number of benzene rings is 2. The van der Waals surface area contributed by atoms with E-state index in [-0.39, 0.29) is 11.8 Å². The Labute approximate surface area is 176 Å². The molecule has 1 fully saturated rings. The standard InChI is InChI=1S/C24H27N3O3/c1-3-13-29-21-11-9-19(10-12-21)23-25-24(30-26-23)20-14-22(28)27(16-20)15-18-7-5-17(4-2)6-8-18/h5-12,20H,3-4,13-16H2,1-2H3. The molecule has 0 aliphatic carbocycles. The third kappa shape index (κ3) is 4.53. The predicted octanol–water partition coefficient (Wildman–Crippen LogP) is 4.60. The fourth-order valence-corrected chi connectivity index (χ4v) is 3.63. The van der Waals surface area contributed by atoms with Crippen LogP contribution in [0.4, 0.5) is 0 Å². The summed E-state index contributed by atoms with van der Waals surface area (Å²) in [6, 6.07) is 16.1. The van der Waals surface area contributed by atoms with E-state index in [2.05, 4.69) is 48.3 Å². The maximum absolute atomic E-state index is 12.5. The van der Waals surface area contributed by atoms with Crippen LogP contribution in [-0.4, -0.2) is 34.1 Å². The molecule has 156 valence electrons. The Morgan fingerprint density at radius 2 is 1.80 bits per heavy atom. The summed E-state index contributed by atoms with van der Waals surface area (Å²) in [4.78, 5) is 18.9. The molecular formula is C24H27N3O3. The molecule has 0 radical (unpaired) electrons. The third-order valence-corrected chi connectivity index (χ3v) is 5.40. The van der Waals surface area contributed by atoms with E-state index in [9.17, 15) is 4.79 Å². The highest BCUT2D eigenvalue weighted by molar-refractivity contribution is 5.79. The van der Waals surface area contributed by atoms with E-state index in [1.807, 2.05) is 29.2 Å². The second-order valence-electron chi connectivity index (χ2n) is 7.67. The summed E-state index contributed by atoms with van der Waals surface area (Å²) in [5, 5.41) is 4.12. The fourth-order valence-electron chi connectivity index (χ4n) is 3.63. The molecule has 1 amide bonds. The van der Waals surface area contributed by atoms with Gasteiger partial charge in [-0.25, -0.2) is 0 Å². The number of aryl methyl sites for hydroxylation is 1. The summed E-state index contributed by atoms with van der Waals surface area (Å²) in [7, 11) is 0. The Hall–Kier alpha value is -3.15. The number of hydrogen-bond donors (Lipinski definition) is 0. The lowest BCUT2D eigenvalue weighted by atomic mass is 10.1. The zero-order valence-electron chi connectivity index (χ0n) is 17.5. The third-order valence-electron chi connectivity index (χ3n) is 5.40. The van der Waals surface area contributed by atoms with Crippen LogP contribution in [-0.2, 0) is 17.8 Å². The highest BCUT2D eigenvalue weighted by atomic mass is 16.5. The van der Waals surface area contributed by atoms with Crippen LogP contribution in [0, 0.1) is 0 Å². The smallest absolute Gasteiger partial charge is 0.232 e. The average molecular weight is 405 g/mol. The molecular weight excluding hydrogens is 378 g/mol. The molecule has 4 rings (SSSR count). The van der Waals surface area contributed by atoms with Crippen molar-refractivity contribution in [1.29, 1.82) is 0 Å². The van der Waals surface area contributed by atoms with Crippen molar-refractivity contribution in [2.75, 3.05) is 13.2 Å². The molecule has 1 aliphatic heterocycles. The normalized spacial score (nSPS) is 16.3. The zero-order valence-corrected chi connectivity index (χ0v) is 17.5. The van der Waals surface area contributed by atoms with Crippen LogP contribution in [0.1, 0.15) is 49.6 Å². The molecule has 1 aromatic heterocycles. The minimum Gasteiger partial charge on any atom is -0.494 e. The van der Waals surface area contributed by atoms with E-state index in [1.165, 1.54) is 5.56 Å². The number of nitrogens with zero attached hydrogens (tertiary/aromatic N) is 3. The Morgan fingerprint density at radius 1 is 1.07 bits per heavy atom. The van der Waals surface area contributed by atoms with Gasteiger partial charge in [0.05, 0.1) is 12.5 Å². The first-order chi connectivity index (χ1) is 14.7. The molecule has 1 unspecified atom stereocenters. The fraction of sp³-hybridized carbons (Fsp3) is 0.375. The second kappa shape index (κ2) is 9.11. The SMILES string of the molecule is CCCOc1ccc(-c2noc(C3CC(=O)N(Cc4ccc(CC)cc4)C3)n2)cc1. The Morgan fingerprint density at radius 3 is 2.50 bits per heavy atom. The highest BCUT2D eigenvalue weighted by Gasteiger charge is 2.34. The minimum absolute atomic E-state index is 0.0687.